The van der Waals surface area contributed by atoms with E-state index in [1.807, 2.05) is 19.1 Å². The third-order valence-corrected chi connectivity index (χ3v) is 5.95. The first-order valence-electron chi connectivity index (χ1n) is 9.61. The van der Waals surface area contributed by atoms with Crippen LogP contribution in [0.25, 0.3) is 11.1 Å². The number of benzene rings is 1. The van der Waals surface area contributed by atoms with E-state index in [4.69, 9.17) is 0 Å². The number of anilines is 2. The fraction of sp³-hybridized carbons (Fsp3) is 0.227. The summed E-state index contributed by atoms with van der Waals surface area (Å²) in [5.41, 5.74) is 3.12. The molecule has 0 spiro atoms. The van der Waals surface area contributed by atoms with Gasteiger partial charge < -0.3 is 10.0 Å². The Morgan fingerprint density at radius 3 is 2.67 bits per heavy atom. The predicted molar refractivity (Wildman–Crippen MR) is 114 cm³/mol. The number of hydrogen-bond acceptors (Lipinski definition) is 5. The van der Waals surface area contributed by atoms with E-state index in [1.165, 1.54) is 12.1 Å². The molecule has 1 amide bonds. The van der Waals surface area contributed by atoms with Crippen LogP contribution < -0.4 is 10.0 Å². The van der Waals surface area contributed by atoms with Crippen molar-refractivity contribution in [3.63, 3.8) is 0 Å². The van der Waals surface area contributed by atoms with E-state index in [0.717, 1.165) is 54.1 Å². The Labute approximate surface area is 177 Å². The lowest BCUT2D eigenvalue weighted by Crippen LogP contribution is -2.28. The second-order valence-corrected chi connectivity index (χ2v) is 8.03. The van der Waals surface area contributed by atoms with Crippen LogP contribution in [0, 0.1) is 24.5 Å². The SMILES string of the molecule is Cc1ncc(-c2ccnc(NC(=O)C3CCC3)c2)cc1NSc1ccc(F)cc1F. The van der Waals surface area contributed by atoms with Crippen LogP contribution in [0.5, 0.6) is 0 Å². The molecule has 1 aliphatic rings. The maximum absolute atomic E-state index is 13.9. The van der Waals surface area contributed by atoms with E-state index in [1.54, 1.807) is 18.5 Å². The number of carbonyl (C=O) groups excluding carboxylic acids is 1. The maximum atomic E-state index is 13.9. The quantitative estimate of drug-likeness (QED) is 0.503. The molecule has 2 N–H and O–H groups in total. The van der Waals surface area contributed by atoms with Gasteiger partial charge >= 0.3 is 0 Å². The minimum absolute atomic E-state index is 0.00742. The van der Waals surface area contributed by atoms with Crippen LogP contribution in [0.4, 0.5) is 20.3 Å². The van der Waals surface area contributed by atoms with Gasteiger partial charge in [-0.2, -0.15) is 0 Å². The monoisotopic (exact) mass is 426 g/mol. The van der Waals surface area contributed by atoms with Crippen molar-refractivity contribution in [3.05, 3.63) is 66.1 Å². The topological polar surface area (TPSA) is 66.9 Å². The van der Waals surface area contributed by atoms with E-state index in [0.29, 0.717) is 11.5 Å². The van der Waals surface area contributed by atoms with Crippen molar-refractivity contribution in [3.8, 4) is 11.1 Å². The molecule has 0 bridgehead atoms. The lowest BCUT2D eigenvalue weighted by atomic mass is 9.85. The highest BCUT2D eigenvalue weighted by Crippen LogP contribution is 2.30. The van der Waals surface area contributed by atoms with E-state index in [9.17, 15) is 13.6 Å². The molecule has 30 heavy (non-hydrogen) atoms. The van der Waals surface area contributed by atoms with Crippen LogP contribution in [0.1, 0.15) is 25.0 Å². The van der Waals surface area contributed by atoms with Gasteiger partial charge in [0.1, 0.15) is 17.5 Å². The molecule has 3 aromatic rings. The summed E-state index contributed by atoms with van der Waals surface area (Å²) in [4.78, 5) is 21.1. The zero-order valence-electron chi connectivity index (χ0n) is 16.3. The smallest absolute Gasteiger partial charge is 0.228 e. The Hall–Kier alpha value is -3.00. The fourth-order valence-corrected chi connectivity index (χ4v) is 3.76. The molecule has 1 saturated carbocycles. The van der Waals surface area contributed by atoms with Crippen LogP contribution >= 0.6 is 11.9 Å². The molecule has 0 saturated heterocycles. The van der Waals surface area contributed by atoms with Gasteiger partial charge in [-0.25, -0.2) is 13.8 Å². The predicted octanol–water partition coefficient (Wildman–Crippen LogP) is 5.59. The van der Waals surface area contributed by atoms with Gasteiger partial charge in [-0.3, -0.25) is 9.78 Å². The van der Waals surface area contributed by atoms with Crippen molar-refractivity contribution in [2.75, 3.05) is 10.0 Å². The van der Waals surface area contributed by atoms with Gasteiger partial charge in [0.15, 0.2) is 0 Å². The van der Waals surface area contributed by atoms with Gasteiger partial charge in [-0.15, -0.1) is 0 Å². The van der Waals surface area contributed by atoms with Gasteiger partial charge in [-0.05, 0) is 67.6 Å². The standard InChI is InChI=1S/C22H20F2N4OS/c1-13-19(28-30-20-6-5-17(23)11-18(20)24)9-16(12-26-13)15-7-8-25-21(10-15)27-22(29)14-3-2-4-14/h5-12,14,28H,2-4H2,1H3,(H,25,27,29). The number of carbonyl (C=O) groups is 1. The summed E-state index contributed by atoms with van der Waals surface area (Å²) in [5, 5.41) is 2.87. The van der Waals surface area contributed by atoms with Crippen molar-refractivity contribution in [1.29, 1.82) is 0 Å². The van der Waals surface area contributed by atoms with Gasteiger partial charge in [0.2, 0.25) is 5.91 Å². The second-order valence-electron chi connectivity index (χ2n) is 7.18. The molecule has 0 atom stereocenters. The lowest BCUT2D eigenvalue weighted by molar-refractivity contribution is -0.122. The average molecular weight is 426 g/mol. The summed E-state index contributed by atoms with van der Waals surface area (Å²) in [7, 11) is 0. The Morgan fingerprint density at radius 2 is 1.93 bits per heavy atom. The number of halogens is 2. The molecule has 2 heterocycles. The van der Waals surface area contributed by atoms with Crippen LogP contribution in [0.15, 0.2) is 53.7 Å². The number of aromatic nitrogens is 2. The zero-order valence-corrected chi connectivity index (χ0v) is 17.1. The van der Waals surface area contributed by atoms with Crippen molar-refractivity contribution in [2.45, 2.75) is 31.1 Å². The Kier molecular flexibility index (Phi) is 5.94. The number of pyridine rings is 2. The van der Waals surface area contributed by atoms with Crippen molar-refractivity contribution >= 4 is 29.4 Å². The van der Waals surface area contributed by atoms with Gasteiger partial charge in [0, 0.05) is 29.9 Å². The maximum Gasteiger partial charge on any atom is 0.228 e. The van der Waals surface area contributed by atoms with Crippen molar-refractivity contribution in [2.24, 2.45) is 5.92 Å². The normalized spacial score (nSPS) is 13.6. The molecule has 2 aromatic heterocycles. The molecule has 0 aliphatic heterocycles. The fourth-order valence-electron chi connectivity index (χ4n) is 3.04. The van der Waals surface area contributed by atoms with Crippen molar-refractivity contribution in [1.82, 2.24) is 9.97 Å². The van der Waals surface area contributed by atoms with E-state index in [-0.39, 0.29) is 16.7 Å². The molecule has 0 unspecified atom stereocenters. The highest BCUT2D eigenvalue weighted by Gasteiger charge is 2.25. The average Bonchev–Trinajstić information content (AvgIpc) is 2.67. The van der Waals surface area contributed by atoms with Gasteiger partial charge in [0.05, 0.1) is 16.3 Å². The zero-order chi connectivity index (χ0) is 21.1. The van der Waals surface area contributed by atoms with Crippen LogP contribution in [0.2, 0.25) is 0 Å². The molecule has 5 nitrogen and oxygen atoms in total. The van der Waals surface area contributed by atoms with Crippen LogP contribution in [-0.2, 0) is 4.79 Å². The van der Waals surface area contributed by atoms with E-state index < -0.39 is 11.6 Å². The molecule has 1 aliphatic carbocycles. The van der Waals surface area contributed by atoms with Crippen LogP contribution in [0.3, 0.4) is 0 Å². The number of nitrogens with zero attached hydrogens (tertiary/aromatic N) is 2. The summed E-state index contributed by atoms with van der Waals surface area (Å²) in [5.74, 6) is -0.656. The molecule has 154 valence electrons. The van der Waals surface area contributed by atoms with Crippen LogP contribution in [-0.4, -0.2) is 15.9 Å². The molecule has 1 aromatic carbocycles. The molecule has 8 heteroatoms. The number of nitrogens with one attached hydrogen (secondary N) is 2. The highest BCUT2D eigenvalue weighted by atomic mass is 32.2. The first-order valence-corrected chi connectivity index (χ1v) is 10.4. The Balaban J connectivity index is 1.51. The minimum atomic E-state index is -0.629. The summed E-state index contributed by atoms with van der Waals surface area (Å²) in [6.45, 7) is 1.84. The number of hydrogen-bond donors (Lipinski definition) is 2. The summed E-state index contributed by atoms with van der Waals surface area (Å²) in [6, 6.07) is 8.98. The first kappa shape index (κ1) is 20.3. The number of amides is 1. The van der Waals surface area contributed by atoms with Gasteiger partial charge in [0.25, 0.3) is 0 Å². The Morgan fingerprint density at radius 1 is 1.10 bits per heavy atom. The third-order valence-electron chi connectivity index (χ3n) is 5.07. The molecule has 4 rings (SSSR count). The molecular weight excluding hydrogens is 406 g/mol. The second kappa shape index (κ2) is 8.79. The lowest BCUT2D eigenvalue weighted by Gasteiger charge is -2.23. The summed E-state index contributed by atoms with van der Waals surface area (Å²) in [6.07, 6.45) is 6.32. The van der Waals surface area contributed by atoms with E-state index in [2.05, 4.69) is 20.0 Å². The molecular formula is C22H20F2N4OS. The van der Waals surface area contributed by atoms with Gasteiger partial charge in [-0.1, -0.05) is 6.42 Å². The summed E-state index contributed by atoms with van der Waals surface area (Å²) >= 11 is 1.05. The summed E-state index contributed by atoms with van der Waals surface area (Å²) < 4.78 is 30.0. The third kappa shape index (κ3) is 4.59. The van der Waals surface area contributed by atoms with Crippen molar-refractivity contribution < 1.29 is 13.6 Å². The first-order chi connectivity index (χ1) is 14.5. The largest absolute Gasteiger partial charge is 0.324 e. The number of aryl methyl sites for hydroxylation is 1. The number of rotatable bonds is 6. The highest BCUT2D eigenvalue weighted by molar-refractivity contribution is 8.00. The molecule has 1 fully saturated rings. The Bertz CT molecular complexity index is 1090. The minimum Gasteiger partial charge on any atom is -0.324 e. The molecule has 0 radical (unpaired) electrons. The van der Waals surface area contributed by atoms with E-state index >= 15 is 0 Å².